The number of hydrogen-bond acceptors (Lipinski definition) is 8. The van der Waals surface area contributed by atoms with Crippen molar-refractivity contribution < 1.29 is 38.9 Å². The van der Waals surface area contributed by atoms with Gasteiger partial charge in [0.25, 0.3) is 0 Å². The summed E-state index contributed by atoms with van der Waals surface area (Å²) >= 11 is 0. The lowest BCUT2D eigenvalue weighted by atomic mass is 10.1. The van der Waals surface area contributed by atoms with Crippen molar-refractivity contribution in [2.75, 3.05) is 0 Å². The molecule has 1 aromatic heterocycles. The lowest BCUT2D eigenvalue weighted by Crippen LogP contribution is -2.34. The second-order valence-corrected chi connectivity index (χ2v) is 6.37. The molecule has 1 heterocycles. The van der Waals surface area contributed by atoms with Crippen LogP contribution in [-0.2, 0) is 36.9 Å². The number of aromatic nitrogens is 3. The number of nitrogens with zero attached hydrogens (tertiary/aromatic N) is 3. The van der Waals surface area contributed by atoms with E-state index in [9.17, 15) is 19.5 Å². The van der Waals surface area contributed by atoms with Gasteiger partial charge in [0.05, 0.1) is 5.69 Å². The van der Waals surface area contributed by atoms with Crippen LogP contribution in [0, 0.1) is 0 Å². The molecule has 2 unspecified atom stereocenters. The van der Waals surface area contributed by atoms with Gasteiger partial charge in [-0.05, 0) is 18.9 Å². The fraction of sp³-hybridized carbons (Fsp3) is 0.368. The fourth-order valence-electron chi connectivity index (χ4n) is 2.52. The van der Waals surface area contributed by atoms with Gasteiger partial charge in [0.1, 0.15) is 6.61 Å². The zero-order valence-electron chi connectivity index (χ0n) is 16.6. The van der Waals surface area contributed by atoms with E-state index in [1.807, 2.05) is 30.3 Å². The highest BCUT2D eigenvalue weighted by atomic mass is 16.5. The van der Waals surface area contributed by atoms with E-state index >= 15 is 0 Å². The van der Waals surface area contributed by atoms with Gasteiger partial charge in [-0.3, -0.25) is 4.79 Å². The average Bonchev–Trinajstić information content (AvgIpc) is 3.15. The summed E-state index contributed by atoms with van der Waals surface area (Å²) in [5.41, 5.74) is 1.34. The molecule has 0 radical (unpaired) electrons. The summed E-state index contributed by atoms with van der Waals surface area (Å²) < 4.78 is 6.27. The molecule has 0 aliphatic carbocycles. The van der Waals surface area contributed by atoms with Crippen LogP contribution in [0.4, 0.5) is 4.79 Å². The number of amides is 1. The largest absolute Gasteiger partial charge is 0.481 e. The number of carbonyl (C=O) groups excluding carboxylic acids is 3. The first-order valence-corrected chi connectivity index (χ1v) is 9.08. The van der Waals surface area contributed by atoms with Crippen molar-refractivity contribution in [2.45, 2.75) is 44.9 Å². The zero-order chi connectivity index (χ0) is 23.2. The maximum atomic E-state index is 11.9. The third-order valence-corrected chi connectivity index (χ3v) is 3.89. The maximum Gasteiger partial charge on any atom is 0.407 e. The summed E-state index contributed by atoms with van der Waals surface area (Å²) in [6.45, 7) is 1.90. The number of carboxylic acid groups (broad SMARTS) is 2. The minimum atomic E-state index is -1.19. The molecule has 2 rings (SSSR count). The van der Waals surface area contributed by atoms with Crippen molar-refractivity contribution >= 4 is 24.2 Å². The zero-order valence-corrected chi connectivity index (χ0v) is 16.6. The Hall–Kier alpha value is -4.05. The van der Waals surface area contributed by atoms with Gasteiger partial charge < -0.3 is 20.3 Å². The molecule has 1 aromatic carbocycles. The average molecular weight is 434 g/mol. The minimum absolute atomic E-state index is 0.104. The number of carboxylic acids is 2. The fourth-order valence-corrected chi connectivity index (χ4v) is 2.52. The number of rotatable bonds is 10. The van der Waals surface area contributed by atoms with Crippen LogP contribution in [0.15, 0.2) is 36.5 Å². The Morgan fingerprint density at radius 1 is 1.19 bits per heavy atom. The minimum Gasteiger partial charge on any atom is -0.481 e. The summed E-state index contributed by atoms with van der Waals surface area (Å²) in [5, 5.41) is 28.3. The summed E-state index contributed by atoms with van der Waals surface area (Å²) in [4.78, 5) is 50.1. The van der Waals surface area contributed by atoms with Crippen LogP contribution < -0.4 is 5.32 Å². The van der Waals surface area contributed by atoms with Gasteiger partial charge in [-0.15, -0.1) is 5.10 Å². The first kappa shape index (κ1) is 25.0. The van der Waals surface area contributed by atoms with Crippen LogP contribution in [0.2, 0.25) is 0 Å². The summed E-state index contributed by atoms with van der Waals surface area (Å²) in [6.07, 6.45) is 1.03. The normalized spacial score (nSPS) is 11.8. The van der Waals surface area contributed by atoms with Gasteiger partial charge in [0, 0.05) is 25.1 Å². The molecular formula is C19H22N4O8. The van der Waals surface area contributed by atoms with Crippen LogP contribution in [0.3, 0.4) is 0 Å². The number of hydrogen-bond donors (Lipinski definition) is 3. The van der Waals surface area contributed by atoms with Crippen molar-refractivity contribution in [3.8, 4) is 0 Å². The van der Waals surface area contributed by atoms with E-state index in [2.05, 4.69) is 15.6 Å². The maximum absolute atomic E-state index is 11.9. The van der Waals surface area contributed by atoms with E-state index < -0.39 is 24.1 Å². The third-order valence-electron chi connectivity index (χ3n) is 3.89. The van der Waals surface area contributed by atoms with Crippen molar-refractivity contribution in [2.24, 2.45) is 0 Å². The van der Waals surface area contributed by atoms with Gasteiger partial charge in [-0.25, -0.2) is 14.3 Å². The molecule has 0 spiro atoms. The van der Waals surface area contributed by atoms with Gasteiger partial charge in [-0.2, -0.15) is 9.59 Å². The highest BCUT2D eigenvalue weighted by Crippen LogP contribution is 2.14. The standard InChI is InChI=1S/C18H22N4O6.CO2/c1-12(19-18(27)28-11-13-5-3-2-4-6-13)9-14-10-22(21-20-14)15(17(25)26)7-8-16(23)24;2-1-3/h2-6,10,12,15H,7-9,11H2,1H3,(H,19,27)(H,23,24)(H,25,26);. The van der Waals surface area contributed by atoms with Crippen LogP contribution in [-0.4, -0.2) is 55.4 Å². The van der Waals surface area contributed by atoms with Crippen LogP contribution in [0.25, 0.3) is 0 Å². The molecule has 31 heavy (non-hydrogen) atoms. The number of benzene rings is 1. The highest BCUT2D eigenvalue weighted by Gasteiger charge is 2.22. The predicted molar refractivity (Wildman–Crippen MR) is 102 cm³/mol. The molecule has 2 atom stereocenters. The Bertz CT molecular complexity index is 893. The van der Waals surface area contributed by atoms with E-state index in [0.29, 0.717) is 12.1 Å². The lowest BCUT2D eigenvalue weighted by Gasteiger charge is -2.13. The monoisotopic (exact) mass is 434 g/mol. The Labute approximate surface area is 176 Å². The smallest absolute Gasteiger partial charge is 0.407 e. The second kappa shape index (κ2) is 13.2. The highest BCUT2D eigenvalue weighted by molar-refractivity contribution is 5.73. The topological polar surface area (TPSA) is 178 Å². The molecule has 2 aromatic rings. The van der Waals surface area contributed by atoms with Crippen LogP contribution >= 0.6 is 0 Å². The Kier molecular flexibility index (Phi) is 10.7. The third kappa shape index (κ3) is 9.81. The molecule has 0 aliphatic rings. The first-order chi connectivity index (χ1) is 14.8. The van der Waals surface area contributed by atoms with E-state index in [0.717, 1.165) is 10.2 Å². The molecule has 3 N–H and O–H groups in total. The molecule has 12 nitrogen and oxygen atoms in total. The Morgan fingerprint density at radius 3 is 2.42 bits per heavy atom. The van der Waals surface area contributed by atoms with E-state index in [4.69, 9.17) is 19.4 Å². The Balaban J connectivity index is 0.00000151. The molecule has 0 fully saturated rings. The number of nitrogens with one attached hydrogen (secondary N) is 1. The quantitative estimate of drug-likeness (QED) is 0.489. The van der Waals surface area contributed by atoms with Crippen molar-refractivity contribution in [1.82, 2.24) is 20.3 Å². The first-order valence-electron chi connectivity index (χ1n) is 9.08. The van der Waals surface area contributed by atoms with E-state index in [1.54, 1.807) is 6.92 Å². The van der Waals surface area contributed by atoms with Crippen molar-refractivity contribution in [3.05, 3.63) is 47.8 Å². The lowest BCUT2D eigenvalue weighted by molar-refractivity contribution is -0.191. The SMILES string of the molecule is CC(Cc1cn(C(CCC(=O)O)C(=O)O)nn1)NC(=O)OCc1ccccc1.O=C=O. The van der Waals surface area contributed by atoms with Crippen LogP contribution in [0.1, 0.15) is 37.1 Å². The molecule has 0 bridgehead atoms. The number of ether oxygens (including phenoxy) is 1. The molecule has 0 saturated heterocycles. The summed E-state index contributed by atoms with van der Waals surface area (Å²) in [6, 6.07) is 7.82. The van der Waals surface area contributed by atoms with E-state index in [-0.39, 0.29) is 31.6 Å². The summed E-state index contributed by atoms with van der Waals surface area (Å²) in [5.74, 6) is -2.27. The molecule has 166 valence electrons. The molecule has 0 aliphatic heterocycles. The number of carbonyl (C=O) groups is 3. The van der Waals surface area contributed by atoms with E-state index in [1.165, 1.54) is 6.20 Å². The van der Waals surface area contributed by atoms with Gasteiger partial charge >= 0.3 is 24.2 Å². The predicted octanol–water partition coefficient (Wildman–Crippen LogP) is 1.04. The van der Waals surface area contributed by atoms with Crippen molar-refractivity contribution in [3.63, 3.8) is 0 Å². The van der Waals surface area contributed by atoms with Gasteiger partial charge in [0.2, 0.25) is 0 Å². The molecular weight excluding hydrogens is 412 g/mol. The molecule has 0 saturated carbocycles. The second-order valence-electron chi connectivity index (χ2n) is 6.37. The van der Waals surface area contributed by atoms with Gasteiger partial charge in [-0.1, -0.05) is 35.5 Å². The van der Waals surface area contributed by atoms with Crippen LogP contribution in [0.5, 0.6) is 0 Å². The Morgan fingerprint density at radius 2 is 1.84 bits per heavy atom. The van der Waals surface area contributed by atoms with Gasteiger partial charge in [0.15, 0.2) is 6.04 Å². The van der Waals surface area contributed by atoms with Crippen molar-refractivity contribution in [1.29, 1.82) is 0 Å². The summed E-state index contributed by atoms with van der Waals surface area (Å²) in [7, 11) is 0. The molecule has 12 heteroatoms. The number of alkyl carbamates (subject to hydrolysis) is 1. The molecule has 1 amide bonds. The number of aliphatic carboxylic acids is 2.